The fourth-order valence-corrected chi connectivity index (χ4v) is 4.03. The molecule has 0 radical (unpaired) electrons. The van der Waals surface area contributed by atoms with Crippen LogP contribution in [0.1, 0.15) is 35.1 Å². The van der Waals surface area contributed by atoms with Gasteiger partial charge in [-0.15, -0.1) is 0 Å². The molecule has 1 amide bonds. The van der Waals surface area contributed by atoms with Gasteiger partial charge >= 0.3 is 0 Å². The van der Waals surface area contributed by atoms with E-state index in [1.54, 1.807) is 12.1 Å². The second-order valence-corrected chi connectivity index (χ2v) is 8.08. The average Bonchev–Trinajstić information content (AvgIpc) is 3.17. The van der Waals surface area contributed by atoms with Crippen LogP contribution in [0, 0.1) is 12.7 Å². The maximum absolute atomic E-state index is 13.5. The number of rotatable bonds is 6. The third-order valence-corrected chi connectivity index (χ3v) is 5.62. The molecule has 166 valence electrons. The van der Waals surface area contributed by atoms with E-state index in [1.165, 1.54) is 22.9 Å². The van der Waals surface area contributed by atoms with E-state index >= 15 is 0 Å². The third kappa shape index (κ3) is 4.57. The number of hydrogen-bond donors (Lipinski definition) is 3. The fraction of sp³-hybridized carbons (Fsp3) is 0.273. The van der Waals surface area contributed by atoms with Crippen LogP contribution in [-0.4, -0.2) is 20.4 Å². The number of pyridine rings is 1. The topological polar surface area (TPSA) is 115 Å². The lowest BCUT2D eigenvalue weighted by atomic mass is 10.1. The third-order valence-electron chi connectivity index (χ3n) is 5.40. The van der Waals surface area contributed by atoms with Gasteiger partial charge in [0, 0.05) is 30.2 Å². The first-order valence-corrected chi connectivity index (χ1v) is 10.5. The fourth-order valence-electron chi connectivity index (χ4n) is 3.78. The maximum Gasteiger partial charge on any atom is 0.277 e. The van der Waals surface area contributed by atoms with Crippen LogP contribution in [-0.2, 0) is 24.3 Å². The second-order valence-electron chi connectivity index (χ2n) is 7.65. The number of anilines is 2. The van der Waals surface area contributed by atoms with Crippen molar-refractivity contribution in [1.82, 2.24) is 19.9 Å². The molecule has 4 N–H and O–H groups in total. The van der Waals surface area contributed by atoms with Crippen molar-refractivity contribution in [3.63, 3.8) is 0 Å². The van der Waals surface area contributed by atoms with Gasteiger partial charge in [-0.25, -0.2) is 14.4 Å². The van der Waals surface area contributed by atoms with Crippen molar-refractivity contribution < 1.29 is 9.18 Å². The molecule has 8 nitrogen and oxygen atoms in total. The lowest BCUT2D eigenvalue weighted by Gasteiger charge is -2.16. The highest BCUT2D eigenvalue weighted by Gasteiger charge is 2.31. The molecule has 0 aliphatic carbocycles. The summed E-state index contributed by atoms with van der Waals surface area (Å²) < 4.78 is 15.0. The van der Waals surface area contributed by atoms with Crippen molar-refractivity contribution >= 4 is 29.0 Å². The molecule has 0 unspecified atom stereocenters. The summed E-state index contributed by atoms with van der Waals surface area (Å²) in [6, 6.07) is 6.99. The average molecular weight is 457 g/mol. The van der Waals surface area contributed by atoms with E-state index in [9.17, 15) is 14.0 Å². The number of carbonyl (C=O) groups is 1. The van der Waals surface area contributed by atoms with Crippen LogP contribution < -0.4 is 21.9 Å². The molecule has 0 saturated heterocycles. The maximum atomic E-state index is 13.5. The Labute approximate surface area is 188 Å². The zero-order valence-corrected chi connectivity index (χ0v) is 18.1. The van der Waals surface area contributed by atoms with Crippen LogP contribution >= 0.6 is 11.6 Å². The van der Waals surface area contributed by atoms with Crippen molar-refractivity contribution in [3.8, 4) is 0 Å². The Morgan fingerprint density at radius 2 is 2.12 bits per heavy atom. The highest BCUT2D eigenvalue weighted by molar-refractivity contribution is 6.30. The zero-order chi connectivity index (χ0) is 22.8. The molecule has 3 heterocycles. The van der Waals surface area contributed by atoms with E-state index in [4.69, 9.17) is 17.3 Å². The van der Waals surface area contributed by atoms with Gasteiger partial charge in [0.25, 0.3) is 5.56 Å². The number of aromatic nitrogens is 3. The predicted molar refractivity (Wildman–Crippen MR) is 120 cm³/mol. The molecule has 2 aromatic heterocycles. The Hall–Kier alpha value is -3.46. The first-order valence-electron chi connectivity index (χ1n) is 10.1. The monoisotopic (exact) mass is 456 g/mol. The number of halogens is 2. The predicted octanol–water partition coefficient (Wildman–Crippen LogP) is 2.74. The molecule has 1 aliphatic rings. The number of fused-ring (bicyclic) bond motifs is 1. The highest BCUT2D eigenvalue weighted by Crippen LogP contribution is 2.24. The zero-order valence-electron chi connectivity index (χ0n) is 17.4. The van der Waals surface area contributed by atoms with Crippen LogP contribution in [0.25, 0.3) is 0 Å². The number of nitrogens with zero attached hydrogens (tertiary/aromatic N) is 3. The van der Waals surface area contributed by atoms with Crippen LogP contribution in [0.4, 0.5) is 15.9 Å². The van der Waals surface area contributed by atoms with Crippen molar-refractivity contribution in [1.29, 1.82) is 0 Å². The molecule has 1 aromatic carbocycles. The molecule has 0 spiro atoms. The van der Waals surface area contributed by atoms with E-state index in [2.05, 4.69) is 20.6 Å². The molecule has 0 bridgehead atoms. The smallest absolute Gasteiger partial charge is 0.277 e. The number of benzene rings is 1. The number of nitrogen functional groups attached to an aromatic ring is 1. The molecule has 1 aliphatic heterocycles. The van der Waals surface area contributed by atoms with Crippen LogP contribution in [0.3, 0.4) is 0 Å². The molecule has 1 atom stereocenters. The van der Waals surface area contributed by atoms with Crippen molar-refractivity contribution in [2.75, 3.05) is 11.1 Å². The Balaban J connectivity index is 1.49. The second kappa shape index (κ2) is 8.96. The Bertz CT molecular complexity index is 1230. The van der Waals surface area contributed by atoms with Crippen molar-refractivity contribution in [2.24, 2.45) is 0 Å². The van der Waals surface area contributed by atoms with Crippen LogP contribution in [0.2, 0.25) is 5.02 Å². The van der Waals surface area contributed by atoms with Gasteiger partial charge in [-0.3, -0.25) is 14.2 Å². The molecular weight excluding hydrogens is 435 g/mol. The van der Waals surface area contributed by atoms with Crippen LogP contribution in [0.15, 0.2) is 41.3 Å². The summed E-state index contributed by atoms with van der Waals surface area (Å²) in [5, 5.41) is 6.12. The molecule has 3 aromatic rings. The number of carbonyl (C=O) groups excluding carboxylic acids is 1. The standard InChI is InChI=1S/C22H22ClFN6O2/c1-12-14(2-4-19(25)29-12)10-28-21(31)18-3-5-20-27-11-17(22(32)30(18)20)26-9-13-6-15(23)8-16(24)7-13/h2,4,6-8,11,18,26H,3,5,9-10H2,1H3,(H2,25,29)(H,28,31)/t18-/m0/s1. The first-order chi connectivity index (χ1) is 15.3. The SMILES string of the molecule is Cc1nc(N)ccc1CNC(=O)[C@@H]1CCc2ncc(NCc3cc(F)cc(Cl)c3)c(=O)n21. The molecule has 10 heteroatoms. The molecule has 0 saturated carbocycles. The highest BCUT2D eigenvalue weighted by atomic mass is 35.5. The van der Waals surface area contributed by atoms with Gasteiger partial charge in [0.15, 0.2) is 0 Å². The van der Waals surface area contributed by atoms with Crippen molar-refractivity contribution in [3.05, 3.63) is 80.4 Å². The summed E-state index contributed by atoms with van der Waals surface area (Å²) in [6.45, 7) is 2.29. The normalized spacial score (nSPS) is 14.8. The number of amides is 1. The van der Waals surface area contributed by atoms with Gasteiger partial charge in [-0.2, -0.15) is 0 Å². The first kappa shape index (κ1) is 21.8. The molecular formula is C22H22ClFN6O2. The minimum Gasteiger partial charge on any atom is -0.384 e. The van der Waals surface area contributed by atoms with Gasteiger partial charge in [0.2, 0.25) is 5.91 Å². The van der Waals surface area contributed by atoms with E-state index in [1.807, 2.05) is 13.0 Å². The van der Waals surface area contributed by atoms with Gasteiger partial charge in [0.1, 0.15) is 29.2 Å². The number of nitrogens with two attached hydrogens (primary N) is 1. The Morgan fingerprint density at radius 1 is 1.31 bits per heavy atom. The molecule has 32 heavy (non-hydrogen) atoms. The number of aryl methyl sites for hydroxylation is 2. The van der Waals surface area contributed by atoms with Crippen LogP contribution in [0.5, 0.6) is 0 Å². The summed E-state index contributed by atoms with van der Waals surface area (Å²) >= 11 is 5.88. The lowest BCUT2D eigenvalue weighted by Crippen LogP contribution is -2.36. The van der Waals surface area contributed by atoms with E-state index < -0.39 is 11.9 Å². The summed E-state index contributed by atoms with van der Waals surface area (Å²) in [5.74, 6) is 0.250. The number of nitrogens with one attached hydrogen (secondary N) is 2. The van der Waals surface area contributed by atoms with Gasteiger partial charge in [-0.05, 0) is 48.7 Å². The van der Waals surface area contributed by atoms with Gasteiger partial charge in [0.05, 0.1) is 6.20 Å². The Morgan fingerprint density at radius 3 is 2.88 bits per heavy atom. The Kier molecular flexibility index (Phi) is 6.09. The summed E-state index contributed by atoms with van der Waals surface area (Å²) in [4.78, 5) is 34.4. The van der Waals surface area contributed by atoms with Crippen molar-refractivity contribution in [2.45, 2.75) is 38.9 Å². The lowest BCUT2D eigenvalue weighted by molar-refractivity contribution is -0.124. The summed E-state index contributed by atoms with van der Waals surface area (Å²) in [7, 11) is 0. The van der Waals surface area contributed by atoms with Gasteiger partial charge < -0.3 is 16.4 Å². The molecule has 0 fully saturated rings. The number of hydrogen-bond acceptors (Lipinski definition) is 6. The minimum atomic E-state index is -0.655. The largest absolute Gasteiger partial charge is 0.384 e. The summed E-state index contributed by atoms with van der Waals surface area (Å²) in [5.41, 5.74) is 7.72. The van der Waals surface area contributed by atoms with Gasteiger partial charge in [-0.1, -0.05) is 17.7 Å². The quantitative estimate of drug-likeness (QED) is 0.525. The summed E-state index contributed by atoms with van der Waals surface area (Å²) in [6.07, 6.45) is 2.45. The molecule has 4 rings (SSSR count). The van der Waals surface area contributed by atoms with E-state index in [0.717, 1.165) is 11.3 Å². The van der Waals surface area contributed by atoms with E-state index in [0.29, 0.717) is 30.0 Å². The van der Waals surface area contributed by atoms with E-state index in [-0.39, 0.29) is 35.3 Å². The minimum absolute atomic E-state index is 0.189.